The molecule has 36 heavy (non-hydrogen) atoms. The third kappa shape index (κ3) is 8.82. The quantitative estimate of drug-likeness (QED) is 0.219. The van der Waals surface area contributed by atoms with Crippen molar-refractivity contribution in [3.8, 4) is 11.3 Å². The number of carboxylic acid groups (broad SMARTS) is 1. The number of rotatable bonds is 12. The van der Waals surface area contributed by atoms with Crippen molar-refractivity contribution < 1.29 is 27.4 Å². The number of aliphatic carboxylic acids is 1. The Morgan fingerprint density at radius 2 is 1.69 bits per heavy atom. The molecule has 0 fully saturated rings. The minimum Gasteiger partial charge on any atom is -0.481 e. The number of aryl methyl sites for hydroxylation is 2. The number of hydrogen-bond donors (Lipinski definition) is 4. The van der Waals surface area contributed by atoms with E-state index >= 15 is 0 Å². The maximum absolute atomic E-state index is 11.2. The molecule has 2 aromatic heterocycles. The number of hydrogen-bond acceptors (Lipinski definition) is 3. The summed E-state index contributed by atoms with van der Waals surface area (Å²) in [4.78, 5) is 17.9. The molecule has 0 saturated heterocycles. The zero-order valence-electron chi connectivity index (χ0n) is 21.1. The SMILES string of the molecule is C[N+](C)(C)CCCc1cc(-c2ccccc2)[nH]c1C=c1[nH]c(=CCC(=O)O)cc1CCCS(=O)(=O)O. The summed E-state index contributed by atoms with van der Waals surface area (Å²) in [6.07, 6.45) is 6.06. The first-order valence-electron chi connectivity index (χ1n) is 12.0. The molecule has 0 atom stereocenters. The van der Waals surface area contributed by atoms with E-state index in [4.69, 9.17) is 9.66 Å². The fourth-order valence-corrected chi connectivity index (χ4v) is 4.64. The summed E-state index contributed by atoms with van der Waals surface area (Å²) >= 11 is 0. The van der Waals surface area contributed by atoms with E-state index in [1.54, 1.807) is 6.08 Å². The molecule has 3 aromatic rings. The normalized spacial score (nSPS) is 13.4. The summed E-state index contributed by atoms with van der Waals surface area (Å²) in [5, 5.41) is 10.5. The molecular weight excluding hydrogens is 478 g/mol. The van der Waals surface area contributed by atoms with Crippen molar-refractivity contribution in [1.82, 2.24) is 9.97 Å². The zero-order chi connectivity index (χ0) is 26.3. The summed E-state index contributed by atoms with van der Waals surface area (Å²) in [5.74, 6) is -1.26. The van der Waals surface area contributed by atoms with E-state index in [9.17, 15) is 13.2 Å². The average molecular weight is 515 g/mol. The summed E-state index contributed by atoms with van der Waals surface area (Å²) < 4.78 is 32.4. The second-order valence-electron chi connectivity index (χ2n) is 10.1. The number of H-pyrrole nitrogens is 2. The lowest BCUT2D eigenvalue weighted by atomic mass is 10.1. The number of nitrogens with zero attached hydrogens (tertiary/aromatic N) is 1. The second kappa shape index (κ2) is 11.7. The number of aromatic nitrogens is 2. The summed E-state index contributed by atoms with van der Waals surface area (Å²) in [5.41, 5.74) is 5.10. The van der Waals surface area contributed by atoms with Crippen LogP contribution in [0.25, 0.3) is 23.4 Å². The van der Waals surface area contributed by atoms with Crippen LogP contribution in [0, 0.1) is 0 Å². The van der Waals surface area contributed by atoms with E-state index in [0.717, 1.165) is 51.7 Å². The van der Waals surface area contributed by atoms with Crippen molar-refractivity contribution in [3.63, 3.8) is 0 Å². The Hall–Kier alpha value is -3.14. The van der Waals surface area contributed by atoms with Crippen molar-refractivity contribution in [3.05, 3.63) is 70.0 Å². The number of quaternary nitrogens is 1. The highest BCUT2D eigenvalue weighted by atomic mass is 32.2. The molecule has 0 aliphatic rings. The van der Waals surface area contributed by atoms with Gasteiger partial charge in [-0.25, -0.2) is 0 Å². The van der Waals surface area contributed by atoms with Crippen LogP contribution in [0.4, 0.5) is 0 Å². The third-order valence-corrected chi connectivity index (χ3v) is 6.69. The van der Waals surface area contributed by atoms with Gasteiger partial charge in [0.1, 0.15) is 0 Å². The maximum atomic E-state index is 11.2. The number of benzene rings is 1. The fourth-order valence-electron chi connectivity index (χ4n) is 4.14. The van der Waals surface area contributed by atoms with E-state index in [2.05, 4.69) is 49.3 Å². The molecular formula is C27H36N3O5S+. The van der Waals surface area contributed by atoms with Crippen molar-refractivity contribution in [2.24, 2.45) is 0 Å². The molecule has 194 valence electrons. The lowest BCUT2D eigenvalue weighted by Gasteiger charge is -2.23. The van der Waals surface area contributed by atoms with Gasteiger partial charge in [0.25, 0.3) is 10.1 Å². The van der Waals surface area contributed by atoms with Crippen LogP contribution < -0.4 is 10.7 Å². The van der Waals surface area contributed by atoms with Gasteiger partial charge in [0.2, 0.25) is 0 Å². The van der Waals surface area contributed by atoms with Crippen LogP contribution in [0.15, 0.2) is 42.5 Å². The summed E-state index contributed by atoms with van der Waals surface area (Å²) in [6, 6.07) is 14.1. The highest BCUT2D eigenvalue weighted by Crippen LogP contribution is 2.23. The monoisotopic (exact) mass is 514 g/mol. The number of carboxylic acids is 1. The molecule has 0 saturated carbocycles. The number of nitrogens with one attached hydrogen (secondary N) is 2. The van der Waals surface area contributed by atoms with E-state index < -0.39 is 16.1 Å². The van der Waals surface area contributed by atoms with Crippen molar-refractivity contribution in [2.45, 2.75) is 32.1 Å². The van der Waals surface area contributed by atoms with Gasteiger partial charge in [0.05, 0.1) is 39.9 Å². The standard InChI is InChI=1S/C27H35N3O5S/c1-30(2,3)15-7-11-22-18-24(20-9-5-4-6-10-20)29-26(22)19-25-21(12-8-16-36(33,34)35)17-23(28-25)13-14-27(31)32/h4-6,9-10,13,17-19,28-29H,7-8,11-12,14-16H2,1-3H3,(H-,31,32,33,34,35)/p+1. The van der Waals surface area contributed by atoms with Crippen molar-refractivity contribution in [1.29, 1.82) is 0 Å². The van der Waals surface area contributed by atoms with Gasteiger partial charge in [-0.05, 0) is 60.2 Å². The van der Waals surface area contributed by atoms with Crippen LogP contribution in [0.1, 0.15) is 36.1 Å². The largest absolute Gasteiger partial charge is 0.481 e. The minimum absolute atomic E-state index is 0.124. The molecule has 0 unspecified atom stereocenters. The molecule has 0 aliphatic heterocycles. The lowest BCUT2D eigenvalue weighted by molar-refractivity contribution is -0.870. The first-order chi connectivity index (χ1) is 16.9. The number of carbonyl (C=O) groups is 1. The molecule has 8 nitrogen and oxygen atoms in total. The average Bonchev–Trinajstić information content (AvgIpc) is 3.35. The van der Waals surface area contributed by atoms with Gasteiger partial charge in [-0.1, -0.05) is 30.3 Å². The Kier molecular flexibility index (Phi) is 8.94. The zero-order valence-corrected chi connectivity index (χ0v) is 21.9. The van der Waals surface area contributed by atoms with Crippen molar-refractivity contribution >= 4 is 28.2 Å². The predicted octanol–water partition coefficient (Wildman–Crippen LogP) is 2.55. The Morgan fingerprint density at radius 1 is 1.00 bits per heavy atom. The Bertz CT molecular complexity index is 1400. The molecule has 1 aromatic carbocycles. The van der Waals surface area contributed by atoms with Gasteiger partial charge in [0, 0.05) is 28.5 Å². The molecule has 2 heterocycles. The summed E-state index contributed by atoms with van der Waals surface area (Å²) in [6.45, 7) is 1.03. The highest BCUT2D eigenvalue weighted by Gasteiger charge is 2.12. The van der Waals surface area contributed by atoms with Gasteiger partial charge in [0.15, 0.2) is 0 Å². The Morgan fingerprint density at radius 3 is 2.33 bits per heavy atom. The molecule has 0 bridgehead atoms. The first-order valence-corrected chi connectivity index (χ1v) is 13.6. The van der Waals surface area contributed by atoms with E-state index in [1.165, 1.54) is 5.56 Å². The topological polar surface area (TPSA) is 123 Å². The van der Waals surface area contributed by atoms with Crippen molar-refractivity contribution in [2.75, 3.05) is 33.4 Å². The van der Waals surface area contributed by atoms with Crippen LogP contribution in [0.3, 0.4) is 0 Å². The molecule has 3 rings (SSSR count). The molecule has 0 spiro atoms. The van der Waals surface area contributed by atoms with Crippen LogP contribution in [0.5, 0.6) is 0 Å². The van der Waals surface area contributed by atoms with E-state index in [0.29, 0.717) is 11.8 Å². The molecule has 4 N–H and O–H groups in total. The molecule has 0 amide bonds. The fraction of sp³-hybridized carbons (Fsp3) is 0.370. The predicted molar refractivity (Wildman–Crippen MR) is 143 cm³/mol. The Balaban J connectivity index is 2.03. The van der Waals surface area contributed by atoms with Gasteiger partial charge in [-0.15, -0.1) is 0 Å². The van der Waals surface area contributed by atoms with Crippen LogP contribution >= 0.6 is 0 Å². The smallest absolute Gasteiger partial charge is 0.307 e. The van der Waals surface area contributed by atoms with E-state index in [1.807, 2.05) is 30.3 Å². The highest BCUT2D eigenvalue weighted by molar-refractivity contribution is 7.85. The second-order valence-corrected chi connectivity index (χ2v) is 11.7. The van der Waals surface area contributed by atoms with Gasteiger partial charge in [-0.3, -0.25) is 9.35 Å². The van der Waals surface area contributed by atoms with Gasteiger partial charge in [-0.2, -0.15) is 8.42 Å². The maximum Gasteiger partial charge on any atom is 0.307 e. The molecule has 9 heteroatoms. The lowest BCUT2D eigenvalue weighted by Crippen LogP contribution is -2.35. The third-order valence-electron chi connectivity index (χ3n) is 5.88. The molecule has 0 radical (unpaired) electrons. The number of aromatic amines is 2. The van der Waals surface area contributed by atoms with Gasteiger partial charge >= 0.3 is 5.97 Å². The summed E-state index contributed by atoms with van der Waals surface area (Å²) in [7, 11) is 2.47. The molecule has 0 aliphatic carbocycles. The Labute approximate surface area is 212 Å². The first kappa shape index (κ1) is 27.4. The van der Waals surface area contributed by atoms with Crippen LogP contribution in [-0.2, 0) is 27.8 Å². The van der Waals surface area contributed by atoms with E-state index in [-0.39, 0.29) is 18.6 Å². The minimum atomic E-state index is -4.05. The van der Waals surface area contributed by atoms with Crippen LogP contribution in [0.2, 0.25) is 0 Å². The van der Waals surface area contributed by atoms with Crippen LogP contribution in [-0.4, -0.2) is 71.9 Å². The van der Waals surface area contributed by atoms with Gasteiger partial charge < -0.3 is 19.6 Å².